The first-order valence-corrected chi connectivity index (χ1v) is 14.2. The van der Waals surface area contributed by atoms with Gasteiger partial charge in [0.1, 0.15) is 11.3 Å². The summed E-state index contributed by atoms with van der Waals surface area (Å²) in [6.07, 6.45) is 6.12. The number of nitrogens with one attached hydrogen (secondary N) is 2. The predicted molar refractivity (Wildman–Crippen MR) is 156 cm³/mol. The van der Waals surface area contributed by atoms with E-state index in [-0.39, 0.29) is 11.9 Å². The average Bonchev–Trinajstić information content (AvgIpc) is 3.36. The standard InChI is InChI=1S/C31H37N7O2/c1-4-38-17-27-29(36-38)35-28(15-32-27)33-22(3)23-7-5-8-26(14-23)34-30(39)24-9-10-25(21(2)13-24)16-37-12-6-11-31(18-37)19-40-20-31/h5,7-10,13-15,17,22H,4,6,11-12,16,18-20H2,1-3H3,(H,34,39)(H,33,35,36)/t22-/m0/s1. The molecule has 2 saturated heterocycles. The summed E-state index contributed by atoms with van der Waals surface area (Å²) in [7, 11) is 0. The lowest BCUT2D eigenvalue weighted by atomic mass is 9.78. The van der Waals surface area contributed by atoms with Crippen LogP contribution in [0.3, 0.4) is 0 Å². The summed E-state index contributed by atoms with van der Waals surface area (Å²) in [5, 5.41) is 10.9. The lowest BCUT2D eigenvalue weighted by Crippen LogP contribution is -2.53. The molecule has 1 spiro atoms. The van der Waals surface area contributed by atoms with Gasteiger partial charge in [-0.3, -0.25) is 14.4 Å². The van der Waals surface area contributed by atoms with Crippen LogP contribution in [0.4, 0.5) is 11.5 Å². The molecule has 6 rings (SSSR count). The van der Waals surface area contributed by atoms with Crippen molar-refractivity contribution in [2.45, 2.75) is 52.7 Å². The molecule has 2 fully saturated rings. The lowest BCUT2D eigenvalue weighted by Gasteiger charge is -2.48. The van der Waals surface area contributed by atoms with Crippen LogP contribution in [-0.4, -0.2) is 56.9 Å². The number of amides is 1. The average molecular weight is 540 g/mol. The second-order valence-corrected chi connectivity index (χ2v) is 11.3. The van der Waals surface area contributed by atoms with Gasteiger partial charge in [-0.05, 0) is 81.1 Å². The third-order valence-corrected chi connectivity index (χ3v) is 8.16. The maximum Gasteiger partial charge on any atom is 0.255 e. The van der Waals surface area contributed by atoms with E-state index in [1.807, 2.05) is 54.2 Å². The van der Waals surface area contributed by atoms with Crippen LogP contribution in [0.15, 0.2) is 54.9 Å². The molecule has 1 atom stereocenters. The minimum atomic E-state index is -0.112. The van der Waals surface area contributed by atoms with Gasteiger partial charge in [-0.15, -0.1) is 0 Å². The van der Waals surface area contributed by atoms with Crippen molar-refractivity contribution in [3.8, 4) is 0 Å². The number of benzene rings is 2. The first-order valence-electron chi connectivity index (χ1n) is 14.2. The molecule has 4 aromatic rings. The van der Waals surface area contributed by atoms with Crippen LogP contribution in [0.25, 0.3) is 11.2 Å². The molecule has 2 aromatic heterocycles. The fourth-order valence-electron chi connectivity index (χ4n) is 5.80. The Bertz CT molecular complexity index is 1530. The highest BCUT2D eigenvalue weighted by Crippen LogP contribution is 2.37. The van der Waals surface area contributed by atoms with E-state index in [0.29, 0.717) is 22.4 Å². The number of hydrogen-bond donors (Lipinski definition) is 2. The van der Waals surface area contributed by atoms with Crippen molar-refractivity contribution < 1.29 is 9.53 Å². The molecule has 9 heteroatoms. The Morgan fingerprint density at radius 1 is 1.20 bits per heavy atom. The minimum absolute atomic E-state index is 0.0428. The molecule has 0 bridgehead atoms. The molecule has 0 aliphatic carbocycles. The van der Waals surface area contributed by atoms with Crippen LogP contribution < -0.4 is 10.6 Å². The molecule has 2 aliphatic rings. The smallest absolute Gasteiger partial charge is 0.255 e. The van der Waals surface area contributed by atoms with Crippen molar-refractivity contribution in [1.82, 2.24) is 24.6 Å². The summed E-state index contributed by atoms with van der Waals surface area (Å²) in [4.78, 5) is 24.8. The number of piperidine rings is 1. The second kappa shape index (κ2) is 11.0. The molecule has 0 saturated carbocycles. The fraction of sp³-hybridized carbons (Fsp3) is 0.419. The molecule has 2 aliphatic heterocycles. The second-order valence-electron chi connectivity index (χ2n) is 11.3. The van der Waals surface area contributed by atoms with Gasteiger partial charge in [0, 0.05) is 36.3 Å². The highest BCUT2D eigenvalue weighted by Gasteiger charge is 2.41. The van der Waals surface area contributed by atoms with Gasteiger partial charge < -0.3 is 15.4 Å². The molecule has 208 valence electrons. The number of rotatable bonds is 8. The van der Waals surface area contributed by atoms with E-state index in [9.17, 15) is 4.79 Å². The number of carbonyl (C=O) groups excluding carboxylic acids is 1. The lowest BCUT2D eigenvalue weighted by molar-refractivity contribution is -0.145. The Kier molecular flexibility index (Phi) is 7.25. The van der Waals surface area contributed by atoms with Gasteiger partial charge in [0.05, 0.1) is 31.6 Å². The summed E-state index contributed by atoms with van der Waals surface area (Å²) in [6, 6.07) is 13.9. The minimum Gasteiger partial charge on any atom is -0.380 e. The van der Waals surface area contributed by atoms with Crippen LogP contribution in [0, 0.1) is 12.3 Å². The monoisotopic (exact) mass is 539 g/mol. The highest BCUT2D eigenvalue weighted by atomic mass is 16.5. The Balaban J connectivity index is 1.09. The Hall–Kier alpha value is -3.82. The third kappa shape index (κ3) is 5.57. The van der Waals surface area contributed by atoms with Crippen molar-refractivity contribution >= 4 is 28.6 Å². The van der Waals surface area contributed by atoms with E-state index >= 15 is 0 Å². The zero-order chi connectivity index (χ0) is 27.7. The number of anilines is 2. The number of ether oxygens (including phenoxy) is 1. The Labute approximate surface area is 235 Å². The van der Waals surface area contributed by atoms with Gasteiger partial charge in [0.2, 0.25) is 5.65 Å². The van der Waals surface area contributed by atoms with Crippen molar-refractivity contribution in [2.75, 3.05) is 36.9 Å². The molecule has 4 heterocycles. The van der Waals surface area contributed by atoms with Gasteiger partial charge in [-0.2, -0.15) is 5.10 Å². The van der Waals surface area contributed by atoms with Crippen molar-refractivity contribution in [2.24, 2.45) is 5.41 Å². The highest BCUT2D eigenvalue weighted by molar-refractivity contribution is 6.04. The van der Waals surface area contributed by atoms with Gasteiger partial charge in [-0.25, -0.2) is 9.97 Å². The molecule has 1 amide bonds. The molecular weight excluding hydrogens is 502 g/mol. The zero-order valence-electron chi connectivity index (χ0n) is 23.5. The van der Waals surface area contributed by atoms with Crippen LogP contribution in [0.5, 0.6) is 0 Å². The van der Waals surface area contributed by atoms with Crippen molar-refractivity contribution in [3.63, 3.8) is 0 Å². The predicted octanol–water partition coefficient (Wildman–Crippen LogP) is 5.19. The van der Waals surface area contributed by atoms with Crippen molar-refractivity contribution in [3.05, 3.63) is 77.1 Å². The number of likely N-dealkylation sites (tertiary alicyclic amines) is 1. The quantitative estimate of drug-likeness (QED) is 0.318. The van der Waals surface area contributed by atoms with Gasteiger partial charge in [0.25, 0.3) is 5.91 Å². The zero-order valence-corrected chi connectivity index (χ0v) is 23.5. The maximum atomic E-state index is 13.1. The fourth-order valence-corrected chi connectivity index (χ4v) is 5.80. The first-order chi connectivity index (χ1) is 19.4. The summed E-state index contributed by atoms with van der Waals surface area (Å²) in [5.41, 5.74) is 6.63. The van der Waals surface area contributed by atoms with Crippen LogP contribution in [0.1, 0.15) is 59.8 Å². The molecule has 2 N–H and O–H groups in total. The van der Waals surface area contributed by atoms with Crippen LogP contribution in [0.2, 0.25) is 0 Å². The third-order valence-electron chi connectivity index (χ3n) is 8.16. The number of hydrogen-bond acceptors (Lipinski definition) is 7. The largest absolute Gasteiger partial charge is 0.380 e. The summed E-state index contributed by atoms with van der Waals surface area (Å²) in [5.74, 6) is 0.547. The van der Waals surface area contributed by atoms with Gasteiger partial charge >= 0.3 is 0 Å². The van der Waals surface area contributed by atoms with E-state index in [0.717, 1.165) is 61.7 Å². The van der Waals surface area contributed by atoms with E-state index in [1.165, 1.54) is 18.4 Å². The van der Waals surface area contributed by atoms with Crippen molar-refractivity contribution in [1.29, 1.82) is 0 Å². The number of carbonyl (C=O) groups is 1. The Morgan fingerprint density at radius 2 is 2.08 bits per heavy atom. The summed E-state index contributed by atoms with van der Waals surface area (Å²) in [6.45, 7) is 11.9. The topological polar surface area (TPSA) is 97.2 Å². The molecule has 40 heavy (non-hydrogen) atoms. The molecular formula is C31H37N7O2. The van der Waals surface area contributed by atoms with Crippen LogP contribution in [-0.2, 0) is 17.8 Å². The molecule has 0 unspecified atom stereocenters. The molecule has 9 nitrogen and oxygen atoms in total. The van der Waals surface area contributed by atoms with E-state index in [4.69, 9.17) is 4.74 Å². The van der Waals surface area contributed by atoms with Crippen LogP contribution >= 0.6 is 0 Å². The Morgan fingerprint density at radius 3 is 2.85 bits per heavy atom. The normalized spacial score (nSPS) is 17.5. The van der Waals surface area contributed by atoms with E-state index in [1.54, 1.807) is 6.20 Å². The maximum absolute atomic E-state index is 13.1. The first kappa shape index (κ1) is 26.4. The summed E-state index contributed by atoms with van der Waals surface area (Å²) >= 11 is 0. The number of aromatic nitrogens is 4. The van der Waals surface area contributed by atoms with Gasteiger partial charge in [0.15, 0.2) is 0 Å². The van der Waals surface area contributed by atoms with E-state index in [2.05, 4.69) is 50.5 Å². The SMILES string of the molecule is CCn1cc2ncc(N[C@@H](C)c3cccc(NC(=O)c4ccc(CN5CCCC6(COC6)C5)c(C)c4)c3)nc2n1. The van der Waals surface area contributed by atoms with E-state index < -0.39 is 0 Å². The summed E-state index contributed by atoms with van der Waals surface area (Å²) < 4.78 is 7.34. The van der Waals surface area contributed by atoms with Gasteiger partial charge in [-0.1, -0.05) is 18.2 Å². The number of fused-ring (bicyclic) bond motifs is 1. The number of nitrogens with zero attached hydrogens (tertiary/aromatic N) is 5. The number of aryl methyl sites for hydroxylation is 2. The molecule has 2 aromatic carbocycles. The molecule has 0 radical (unpaired) electrons.